The first-order valence-electron chi connectivity index (χ1n) is 6.94. The molecule has 3 N–H and O–H groups in total. The Kier molecular flexibility index (Phi) is 4.95. The summed E-state index contributed by atoms with van der Waals surface area (Å²) in [5.41, 5.74) is 4.60. The summed E-state index contributed by atoms with van der Waals surface area (Å²) in [5, 5.41) is 14.7. The fourth-order valence-electron chi connectivity index (χ4n) is 2.21. The number of urea groups is 1. The maximum absolute atomic E-state index is 12.1. The number of amides is 2. The number of hydrogen-bond acceptors (Lipinski definition) is 2. The third-order valence-electron chi connectivity index (χ3n) is 3.28. The number of hydrogen-bond donors (Lipinski definition) is 3. The lowest BCUT2D eigenvalue weighted by Gasteiger charge is -2.13. The molecule has 2 aromatic carbocycles. The second-order valence-corrected chi connectivity index (χ2v) is 5.03. The summed E-state index contributed by atoms with van der Waals surface area (Å²) < 4.78 is 0. The zero-order valence-electron chi connectivity index (χ0n) is 12.3. The van der Waals surface area contributed by atoms with Crippen LogP contribution in [0.1, 0.15) is 16.7 Å². The number of aryl methyl sites for hydroxylation is 2. The van der Waals surface area contributed by atoms with E-state index in [9.17, 15) is 4.79 Å². The molecule has 0 aliphatic rings. The highest BCUT2D eigenvalue weighted by atomic mass is 16.3. The Morgan fingerprint density at radius 3 is 2.48 bits per heavy atom. The van der Waals surface area contributed by atoms with Gasteiger partial charge in [-0.15, -0.1) is 0 Å². The average Bonchev–Trinajstić information content (AvgIpc) is 2.44. The molecule has 2 rings (SSSR count). The van der Waals surface area contributed by atoms with E-state index in [2.05, 4.69) is 10.6 Å². The van der Waals surface area contributed by atoms with Crippen LogP contribution in [0.25, 0.3) is 0 Å². The minimum atomic E-state index is -0.285. The molecule has 0 saturated carbocycles. The standard InChI is InChI=1S/C17H20N2O2/c1-12-7-8-15(13(2)11-12)18-17(21)19-16-6-4-3-5-14(16)9-10-20/h3-8,11,20H,9-10H2,1-2H3,(H2,18,19,21). The van der Waals surface area contributed by atoms with Crippen LogP contribution in [0.4, 0.5) is 16.2 Å². The van der Waals surface area contributed by atoms with E-state index in [1.165, 1.54) is 0 Å². The van der Waals surface area contributed by atoms with Crippen LogP contribution in [0.5, 0.6) is 0 Å². The molecule has 0 unspecified atom stereocenters. The number of para-hydroxylation sites is 1. The van der Waals surface area contributed by atoms with Crippen LogP contribution >= 0.6 is 0 Å². The molecular formula is C17H20N2O2. The summed E-state index contributed by atoms with van der Waals surface area (Å²) in [4.78, 5) is 12.1. The summed E-state index contributed by atoms with van der Waals surface area (Å²) in [6.07, 6.45) is 0.514. The summed E-state index contributed by atoms with van der Waals surface area (Å²) in [5.74, 6) is 0. The van der Waals surface area contributed by atoms with Crippen molar-refractivity contribution in [3.05, 3.63) is 59.2 Å². The second kappa shape index (κ2) is 6.90. The van der Waals surface area contributed by atoms with Crippen LogP contribution in [-0.2, 0) is 6.42 Å². The van der Waals surface area contributed by atoms with E-state index in [1.54, 1.807) is 0 Å². The van der Waals surface area contributed by atoms with Gasteiger partial charge in [0, 0.05) is 18.0 Å². The summed E-state index contributed by atoms with van der Waals surface area (Å²) >= 11 is 0. The third-order valence-corrected chi connectivity index (χ3v) is 3.28. The van der Waals surface area contributed by atoms with Crippen molar-refractivity contribution in [2.24, 2.45) is 0 Å². The van der Waals surface area contributed by atoms with Crippen molar-refractivity contribution < 1.29 is 9.90 Å². The summed E-state index contributed by atoms with van der Waals surface area (Å²) in [7, 11) is 0. The third kappa shape index (κ3) is 4.07. The van der Waals surface area contributed by atoms with Crippen LogP contribution in [0.2, 0.25) is 0 Å². The van der Waals surface area contributed by atoms with Crippen LogP contribution in [0, 0.1) is 13.8 Å². The molecule has 4 heteroatoms. The molecule has 0 bridgehead atoms. The zero-order chi connectivity index (χ0) is 15.2. The van der Waals surface area contributed by atoms with Gasteiger partial charge >= 0.3 is 6.03 Å². The molecule has 0 atom stereocenters. The van der Waals surface area contributed by atoms with Crippen molar-refractivity contribution in [3.8, 4) is 0 Å². The number of anilines is 2. The molecule has 21 heavy (non-hydrogen) atoms. The van der Waals surface area contributed by atoms with E-state index >= 15 is 0 Å². The SMILES string of the molecule is Cc1ccc(NC(=O)Nc2ccccc2CCO)c(C)c1. The Morgan fingerprint density at radius 2 is 1.76 bits per heavy atom. The van der Waals surface area contributed by atoms with E-state index in [0.29, 0.717) is 12.1 Å². The minimum Gasteiger partial charge on any atom is -0.396 e. The lowest BCUT2D eigenvalue weighted by Crippen LogP contribution is -2.21. The predicted molar refractivity (Wildman–Crippen MR) is 85.8 cm³/mol. The van der Waals surface area contributed by atoms with E-state index in [0.717, 1.165) is 22.4 Å². The number of carbonyl (C=O) groups excluding carboxylic acids is 1. The van der Waals surface area contributed by atoms with Crippen molar-refractivity contribution in [1.82, 2.24) is 0 Å². The van der Waals surface area contributed by atoms with Crippen LogP contribution in [0.3, 0.4) is 0 Å². The van der Waals surface area contributed by atoms with Gasteiger partial charge < -0.3 is 15.7 Å². The Morgan fingerprint density at radius 1 is 1.05 bits per heavy atom. The number of carbonyl (C=O) groups is 1. The van der Waals surface area contributed by atoms with Gasteiger partial charge in [-0.3, -0.25) is 0 Å². The Hall–Kier alpha value is -2.33. The maximum Gasteiger partial charge on any atom is 0.323 e. The maximum atomic E-state index is 12.1. The number of aliphatic hydroxyl groups is 1. The zero-order valence-corrected chi connectivity index (χ0v) is 12.3. The van der Waals surface area contributed by atoms with Crippen molar-refractivity contribution in [2.45, 2.75) is 20.3 Å². The van der Waals surface area contributed by atoms with Crippen LogP contribution in [-0.4, -0.2) is 17.7 Å². The molecule has 0 saturated heterocycles. The largest absolute Gasteiger partial charge is 0.396 e. The van der Waals surface area contributed by atoms with Crippen molar-refractivity contribution in [2.75, 3.05) is 17.2 Å². The van der Waals surface area contributed by atoms with E-state index in [4.69, 9.17) is 5.11 Å². The fraction of sp³-hybridized carbons (Fsp3) is 0.235. The highest BCUT2D eigenvalue weighted by Gasteiger charge is 2.07. The highest BCUT2D eigenvalue weighted by Crippen LogP contribution is 2.18. The fourth-order valence-corrected chi connectivity index (χ4v) is 2.21. The van der Waals surface area contributed by atoms with Crippen LogP contribution in [0.15, 0.2) is 42.5 Å². The smallest absolute Gasteiger partial charge is 0.323 e. The van der Waals surface area contributed by atoms with Gasteiger partial charge in [0.1, 0.15) is 0 Å². The van der Waals surface area contributed by atoms with E-state index in [-0.39, 0.29) is 12.6 Å². The molecule has 0 aliphatic heterocycles. The lowest BCUT2D eigenvalue weighted by atomic mass is 10.1. The summed E-state index contributed by atoms with van der Waals surface area (Å²) in [6, 6.07) is 13.1. The molecule has 0 aliphatic carbocycles. The molecule has 110 valence electrons. The Bertz CT molecular complexity index is 638. The van der Waals surface area contributed by atoms with Crippen molar-refractivity contribution in [1.29, 1.82) is 0 Å². The van der Waals surface area contributed by atoms with Gasteiger partial charge in [0.05, 0.1) is 0 Å². The molecule has 0 heterocycles. The Balaban J connectivity index is 2.08. The molecule has 4 nitrogen and oxygen atoms in total. The first-order chi connectivity index (χ1) is 10.1. The lowest BCUT2D eigenvalue weighted by molar-refractivity contribution is 0.262. The normalized spacial score (nSPS) is 10.2. The van der Waals surface area contributed by atoms with E-state index in [1.807, 2.05) is 56.3 Å². The number of benzene rings is 2. The number of rotatable bonds is 4. The van der Waals surface area contributed by atoms with Crippen molar-refractivity contribution >= 4 is 17.4 Å². The molecular weight excluding hydrogens is 264 g/mol. The van der Waals surface area contributed by atoms with Gasteiger partial charge in [-0.2, -0.15) is 0 Å². The van der Waals surface area contributed by atoms with Crippen molar-refractivity contribution in [3.63, 3.8) is 0 Å². The predicted octanol–water partition coefficient (Wildman–Crippen LogP) is 3.48. The molecule has 0 radical (unpaired) electrons. The molecule has 2 aromatic rings. The average molecular weight is 284 g/mol. The minimum absolute atomic E-state index is 0.0530. The summed E-state index contributed by atoms with van der Waals surface area (Å²) in [6.45, 7) is 4.03. The molecule has 0 aromatic heterocycles. The quantitative estimate of drug-likeness (QED) is 0.805. The molecule has 0 spiro atoms. The van der Waals surface area contributed by atoms with Gasteiger partial charge in [0.25, 0.3) is 0 Å². The Labute approximate surface area is 124 Å². The highest BCUT2D eigenvalue weighted by molar-refractivity contribution is 6.00. The van der Waals surface area contributed by atoms with Gasteiger partial charge in [0.2, 0.25) is 0 Å². The first kappa shape index (κ1) is 15.1. The monoisotopic (exact) mass is 284 g/mol. The van der Waals surface area contributed by atoms with E-state index < -0.39 is 0 Å². The van der Waals surface area contributed by atoms with Gasteiger partial charge in [-0.25, -0.2) is 4.79 Å². The van der Waals surface area contributed by atoms with Gasteiger partial charge in [-0.1, -0.05) is 35.9 Å². The topological polar surface area (TPSA) is 61.4 Å². The van der Waals surface area contributed by atoms with Gasteiger partial charge in [-0.05, 0) is 43.5 Å². The van der Waals surface area contributed by atoms with Gasteiger partial charge in [0.15, 0.2) is 0 Å². The number of nitrogens with one attached hydrogen (secondary N) is 2. The molecule has 0 fully saturated rings. The van der Waals surface area contributed by atoms with Crippen LogP contribution < -0.4 is 10.6 Å². The first-order valence-corrected chi connectivity index (χ1v) is 6.94. The number of aliphatic hydroxyl groups excluding tert-OH is 1. The second-order valence-electron chi connectivity index (χ2n) is 5.03. The molecule has 2 amide bonds.